The zero-order valence-electron chi connectivity index (χ0n) is 11.5. The molecule has 2 atom stereocenters. The van der Waals surface area contributed by atoms with Gasteiger partial charge in [-0.25, -0.2) is 8.78 Å². The van der Waals surface area contributed by atoms with E-state index in [1.807, 2.05) is 18.7 Å². The number of hydrogen-bond acceptors (Lipinski definition) is 2. The Morgan fingerprint density at radius 3 is 2.61 bits per heavy atom. The van der Waals surface area contributed by atoms with Gasteiger partial charge in [0, 0.05) is 25.6 Å². The van der Waals surface area contributed by atoms with E-state index in [1.54, 1.807) is 0 Å². The first kappa shape index (κ1) is 15.3. The van der Waals surface area contributed by atoms with Gasteiger partial charge in [-0.3, -0.25) is 4.79 Å². The van der Waals surface area contributed by atoms with Crippen molar-refractivity contribution < 1.29 is 13.6 Å². The van der Waals surface area contributed by atoms with E-state index < -0.39 is 6.43 Å². The molecule has 1 amide bonds. The highest BCUT2D eigenvalue weighted by molar-refractivity contribution is 5.76. The van der Waals surface area contributed by atoms with Crippen LogP contribution in [0.4, 0.5) is 8.78 Å². The Balaban J connectivity index is 2.47. The molecular weight excluding hydrogens is 238 g/mol. The number of carbonyl (C=O) groups excluding carboxylic acids is 1. The van der Waals surface area contributed by atoms with Crippen LogP contribution in [0.25, 0.3) is 0 Å². The van der Waals surface area contributed by atoms with Crippen LogP contribution in [0.3, 0.4) is 0 Å². The Bertz CT molecular complexity index is 272. The molecule has 0 aromatic heterocycles. The number of hydrogen-bond donors (Lipinski definition) is 1. The van der Waals surface area contributed by atoms with E-state index in [-0.39, 0.29) is 18.5 Å². The van der Waals surface area contributed by atoms with Crippen molar-refractivity contribution in [1.29, 1.82) is 0 Å². The SMILES string of the molecule is CC(C)CC(=O)N1CC(C)CC(NCC(F)F)C1. The van der Waals surface area contributed by atoms with Gasteiger partial charge in [0.1, 0.15) is 0 Å². The van der Waals surface area contributed by atoms with Crippen LogP contribution in [0.2, 0.25) is 0 Å². The van der Waals surface area contributed by atoms with Crippen LogP contribution in [0.5, 0.6) is 0 Å². The summed E-state index contributed by atoms with van der Waals surface area (Å²) >= 11 is 0. The standard InChI is InChI=1S/C13H24F2N2O/c1-9(2)4-13(18)17-7-10(3)5-11(8-17)16-6-12(14)15/h9-12,16H,4-8H2,1-3H3. The number of nitrogens with one attached hydrogen (secondary N) is 1. The molecule has 106 valence electrons. The van der Waals surface area contributed by atoms with Crippen LogP contribution in [0.15, 0.2) is 0 Å². The lowest BCUT2D eigenvalue weighted by molar-refractivity contribution is -0.134. The quantitative estimate of drug-likeness (QED) is 0.823. The first-order valence-corrected chi connectivity index (χ1v) is 6.67. The Morgan fingerprint density at radius 2 is 2.06 bits per heavy atom. The number of likely N-dealkylation sites (tertiary alicyclic amines) is 1. The lowest BCUT2D eigenvalue weighted by Gasteiger charge is -2.37. The molecule has 0 aromatic rings. The van der Waals surface area contributed by atoms with Crippen LogP contribution in [0.1, 0.15) is 33.6 Å². The van der Waals surface area contributed by atoms with Gasteiger partial charge in [0.25, 0.3) is 6.43 Å². The summed E-state index contributed by atoms with van der Waals surface area (Å²) in [5.74, 6) is 0.840. The smallest absolute Gasteiger partial charge is 0.250 e. The van der Waals surface area contributed by atoms with E-state index in [0.29, 0.717) is 24.8 Å². The molecule has 3 nitrogen and oxygen atoms in total. The number of carbonyl (C=O) groups is 1. The summed E-state index contributed by atoms with van der Waals surface area (Å²) in [6.45, 7) is 7.10. The molecular formula is C13H24F2N2O. The maximum absolute atomic E-state index is 12.2. The summed E-state index contributed by atoms with van der Waals surface area (Å²) in [6, 6.07) is -0.00105. The topological polar surface area (TPSA) is 32.3 Å². The van der Waals surface area contributed by atoms with Gasteiger partial charge in [0.05, 0.1) is 6.54 Å². The number of amides is 1. The van der Waals surface area contributed by atoms with Crippen molar-refractivity contribution in [3.05, 3.63) is 0 Å². The summed E-state index contributed by atoms with van der Waals surface area (Å²) in [6.07, 6.45) is -0.936. The number of halogens is 2. The molecule has 18 heavy (non-hydrogen) atoms. The van der Waals surface area contributed by atoms with Crippen LogP contribution >= 0.6 is 0 Å². The van der Waals surface area contributed by atoms with E-state index in [2.05, 4.69) is 12.2 Å². The van der Waals surface area contributed by atoms with Crippen molar-refractivity contribution in [1.82, 2.24) is 10.2 Å². The van der Waals surface area contributed by atoms with Gasteiger partial charge in [-0.15, -0.1) is 0 Å². The van der Waals surface area contributed by atoms with Crippen LogP contribution in [0, 0.1) is 11.8 Å². The molecule has 1 fully saturated rings. The Hall–Kier alpha value is -0.710. The normalized spacial score (nSPS) is 24.9. The van der Waals surface area contributed by atoms with Gasteiger partial charge in [0.15, 0.2) is 0 Å². The molecule has 0 aromatic carbocycles. The second kappa shape index (κ2) is 7.02. The van der Waals surface area contributed by atoms with E-state index in [4.69, 9.17) is 0 Å². The summed E-state index contributed by atoms with van der Waals surface area (Å²) in [5, 5.41) is 2.85. The molecule has 0 aliphatic carbocycles. The molecule has 1 heterocycles. The highest BCUT2D eigenvalue weighted by Gasteiger charge is 2.28. The number of nitrogens with zero attached hydrogens (tertiary/aromatic N) is 1. The predicted octanol–water partition coefficient (Wildman–Crippen LogP) is 2.12. The fourth-order valence-corrected chi connectivity index (χ4v) is 2.44. The molecule has 0 radical (unpaired) electrons. The number of rotatable bonds is 5. The number of alkyl halides is 2. The Labute approximate surface area is 108 Å². The largest absolute Gasteiger partial charge is 0.341 e. The summed E-state index contributed by atoms with van der Waals surface area (Å²) in [5.41, 5.74) is 0. The van der Waals surface area contributed by atoms with Crippen molar-refractivity contribution in [2.45, 2.75) is 46.1 Å². The average molecular weight is 262 g/mol. The predicted molar refractivity (Wildman–Crippen MR) is 67.6 cm³/mol. The second-order valence-electron chi connectivity index (χ2n) is 5.73. The second-order valence-corrected chi connectivity index (χ2v) is 5.73. The minimum absolute atomic E-state index is 0.00105. The van der Waals surface area contributed by atoms with Crippen molar-refractivity contribution >= 4 is 5.91 Å². The van der Waals surface area contributed by atoms with Gasteiger partial charge in [-0.05, 0) is 18.3 Å². The van der Waals surface area contributed by atoms with Crippen molar-refractivity contribution in [3.8, 4) is 0 Å². The highest BCUT2D eigenvalue weighted by atomic mass is 19.3. The zero-order chi connectivity index (χ0) is 13.7. The van der Waals surface area contributed by atoms with Gasteiger partial charge in [-0.2, -0.15) is 0 Å². The third-order valence-electron chi connectivity index (χ3n) is 3.16. The van der Waals surface area contributed by atoms with Crippen molar-refractivity contribution in [3.63, 3.8) is 0 Å². The van der Waals surface area contributed by atoms with Gasteiger partial charge in [0.2, 0.25) is 5.91 Å². The lowest BCUT2D eigenvalue weighted by Crippen LogP contribution is -2.51. The monoisotopic (exact) mass is 262 g/mol. The van der Waals surface area contributed by atoms with Gasteiger partial charge >= 0.3 is 0 Å². The molecule has 1 N–H and O–H groups in total. The first-order chi connectivity index (χ1) is 8.38. The summed E-state index contributed by atoms with van der Waals surface area (Å²) in [4.78, 5) is 13.8. The molecule has 1 aliphatic heterocycles. The molecule has 0 spiro atoms. The van der Waals surface area contributed by atoms with Crippen molar-refractivity contribution in [2.24, 2.45) is 11.8 Å². The fourth-order valence-electron chi connectivity index (χ4n) is 2.44. The van der Waals surface area contributed by atoms with Crippen LogP contribution < -0.4 is 5.32 Å². The molecule has 5 heteroatoms. The molecule has 2 unspecified atom stereocenters. The van der Waals surface area contributed by atoms with Crippen LogP contribution in [-0.2, 0) is 4.79 Å². The zero-order valence-corrected chi connectivity index (χ0v) is 11.5. The minimum atomic E-state index is -2.33. The lowest BCUT2D eigenvalue weighted by atomic mass is 9.95. The molecule has 0 saturated carbocycles. The van der Waals surface area contributed by atoms with E-state index in [1.165, 1.54) is 0 Å². The maximum Gasteiger partial charge on any atom is 0.250 e. The molecule has 1 saturated heterocycles. The minimum Gasteiger partial charge on any atom is -0.341 e. The van der Waals surface area contributed by atoms with Crippen LogP contribution in [-0.4, -0.2) is 42.9 Å². The highest BCUT2D eigenvalue weighted by Crippen LogP contribution is 2.18. The maximum atomic E-state index is 12.2. The third kappa shape index (κ3) is 5.29. The van der Waals surface area contributed by atoms with E-state index in [0.717, 1.165) is 13.0 Å². The first-order valence-electron chi connectivity index (χ1n) is 6.67. The van der Waals surface area contributed by atoms with Gasteiger partial charge < -0.3 is 10.2 Å². The fraction of sp³-hybridized carbons (Fsp3) is 0.923. The third-order valence-corrected chi connectivity index (χ3v) is 3.16. The molecule has 1 rings (SSSR count). The van der Waals surface area contributed by atoms with Gasteiger partial charge in [-0.1, -0.05) is 20.8 Å². The van der Waals surface area contributed by atoms with E-state index >= 15 is 0 Å². The summed E-state index contributed by atoms with van der Waals surface area (Å²) in [7, 11) is 0. The van der Waals surface area contributed by atoms with E-state index in [9.17, 15) is 13.6 Å². The Morgan fingerprint density at radius 1 is 1.39 bits per heavy atom. The van der Waals surface area contributed by atoms with Crippen molar-refractivity contribution in [2.75, 3.05) is 19.6 Å². The average Bonchev–Trinajstić information content (AvgIpc) is 2.24. The molecule has 1 aliphatic rings. The molecule has 0 bridgehead atoms. The number of piperidine rings is 1. The summed E-state index contributed by atoms with van der Waals surface area (Å²) < 4.78 is 24.3. The Kier molecular flexibility index (Phi) is 5.99.